The molecule has 20 heavy (non-hydrogen) atoms. The van der Waals surface area contributed by atoms with Gasteiger partial charge in [-0.05, 0) is 43.5 Å². The summed E-state index contributed by atoms with van der Waals surface area (Å²) in [6, 6.07) is 5.95. The van der Waals surface area contributed by atoms with E-state index in [-0.39, 0.29) is 0 Å². The molecule has 2 fully saturated rings. The summed E-state index contributed by atoms with van der Waals surface area (Å²) >= 11 is 3.41. The van der Waals surface area contributed by atoms with Crippen LogP contribution in [-0.4, -0.2) is 49.8 Å². The monoisotopic (exact) mass is 358 g/mol. The van der Waals surface area contributed by atoms with E-state index < -0.39 is 10.0 Å². The molecule has 110 valence electrons. The highest BCUT2D eigenvalue weighted by Crippen LogP contribution is 2.29. The van der Waals surface area contributed by atoms with E-state index >= 15 is 0 Å². The predicted octanol–water partition coefficient (Wildman–Crippen LogP) is 2.23. The van der Waals surface area contributed by atoms with Gasteiger partial charge in [0.1, 0.15) is 0 Å². The molecule has 0 bridgehead atoms. The van der Waals surface area contributed by atoms with Gasteiger partial charge in [0, 0.05) is 36.7 Å². The average Bonchev–Trinajstić information content (AvgIpc) is 3.26. The van der Waals surface area contributed by atoms with Crippen LogP contribution < -0.4 is 0 Å². The van der Waals surface area contributed by atoms with Crippen LogP contribution in [0.2, 0.25) is 0 Å². The molecule has 1 saturated heterocycles. The minimum atomic E-state index is -3.34. The largest absolute Gasteiger partial charge is 0.298 e. The Hall–Kier alpha value is -0.430. The number of halogens is 1. The number of rotatable bonds is 3. The van der Waals surface area contributed by atoms with Crippen LogP contribution in [0.1, 0.15) is 18.4 Å². The molecule has 0 aromatic heterocycles. The van der Waals surface area contributed by atoms with Crippen molar-refractivity contribution in [1.82, 2.24) is 9.21 Å². The molecule has 1 aliphatic carbocycles. The third kappa shape index (κ3) is 2.79. The van der Waals surface area contributed by atoms with E-state index in [2.05, 4.69) is 20.8 Å². The zero-order valence-electron chi connectivity index (χ0n) is 11.5. The maximum absolute atomic E-state index is 12.6. The zero-order valence-corrected chi connectivity index (χ0v) is 14.0. The molecule has 1 aromatic rings. The Labute approximate surface area is 128 Å². The lowest BCUT2D eigenvalue weighted by Gasteiger charge is -2.34. The lowest BCUT2D eigenvalue weighted by Crippen LogP contribution is -2.49. The number of hydrogen-bond acceptors (Lipinski definition) is 3. The number of nitrogens with zero attached hydrogens (tertiary/aromatic N) is 2. The topological polar surface area (TPSA) is 40.6 Å². The summed E-state index contributed by atoms with van der Waals surface area (Å²) < 4.78 is 27.8. The van der Waals surface area contributed by atoms with Crippen molar-refractivity contribution < 1.29 is 8.42 Å². The summed E-state index contributed by atoms with van der Waals surface area (Å²) in [7, 11) is -3.34. The fourth-order valence-electron chi connectivity index (χ4n) is 2.68. The summed E-state index contributed by atoms with van der Waals surface area (Å²) in [5.74, 6) is 0. The first-order valence-corrected chi connectivity index (χ1v) is 9.22. The van der Waals surface area contributed by atoms with Gasteiger partial charge >= 0.3 is 0 Å². The van der Waals surface area contributed by atoms with Gasteiger partial charge in [0.25, 0.3) is 0 Å². The van der Waals surface area contributed by atoms with Gasteiger partial charge in [0.2, 0.25) is 10.0 Å². The Kier molecular flexibility index (Phi) is 3.92. The molecule has 1 aromatic carbocycles. The normalized spacial score (nSPS) is 22.1. The van der Waals surface area contributed by atoms with Crippen molar-refractivity contribution in [3.05, 3.63) is 28.2 Å². The summed E-state index contributed by atoms with van der Waals surface area (Å²) in [6.45, 7) is 4.84. The first-order valence-electron chi connectivity index (χ1n) is 6.99. The summed E-state index contributed by atoms with van der Waals surface area (Å²) in [5.41, 5.74) is 0.947. The highest BCUT2D eigenvalue weighted by atomic mass is 79.9. The van der Waals surface area contributed by atoms with Gasteiger partial charge < -0.3 is 0 Å². The van der Waals surface area contributed by atoms with E-state index in [1.54, 1.807) is 16.4 Å². The fourth-order valence-corrected chi connectivity index (χ4v) is 4.43. The molecule has 0 radical (unpaired) electrons. The standard InChI is InChI=1S/C14H19BrN2O2S/c1-11-10-13(4-5-14(11)15)20(18,19)17-8-6-16(7-9-17)12-2-3-12/h4-5,10,12H,2-3,6-9H2,1H3. The van der Waals surface area contributed by atoms with Crippen molar-refractivity contribution in [2.24, 2.45) is 0 Å². The van der Waals surface area contributed by atoms with Gasteiger partial charge in [-0.1, -0.05) is 15.9 Å². The maximum Gasteiger partial charge on any atom is 0.243 e. The molecule has 6 heteroatoms. The molecule has 1 saturated carbocycles. The Morgan fingerprint density at radius 3 is 2.35 bits per heavy atom. The Morgan fingerprint density at radius 2 is 1.80 bits per heavy atom. The summed E-state index contributed by atoms with van der Waals surface area (Å²) in [5, 5.41) is 0. The average molecular weight is 359 g/mol. The lowest BCUT2D eigenvalue weighted by molar-refractivity contribution is 0.180. The van der Waals surface area contributed by atoms with Crippen molar-refractivity contribution >= 4 is 26.0 Å². The molecule has 4 nitrogen and oxygen atoms in total. The van der Waals surface area contributed by atoms with Crippen molar-refractivity contribution in [1.29, 1.82) is 0 Å². The Morgan fingerprint density at radius 1 is 1.15 bits per heavy atom. The third-order valence-electron chi connectivity index (χ3n) is 4.10. The van der Waals surface area contributed by atoms with Gasteiger partial charge in [-0.2, -0.15) is 4.31 Å². The van der Waals surface area contributed by atoms with Crippen LogP contribution in [0, 0.1) is 6.92 Å². The van der Waals surface area contributed by atoms with Crippen LogP contribution >= 0.6 is 15.9 Å². The second-order valence-corrected chi connectivity index (χ2v) is 8.37. The molecule has 0 atom stereocenters. The van der Waals surface area contributed by atoms with E-state index in [1.807, 2.05) is 13.0 Å². The first-order chi connectivity index (χ1) is 9.48. The minimum absolute atomic E-state index is 0.401. The molecule has 0 spiro atoms. The van der Waals surface area contributed by atoms with Crippen LogP contribution in [0.15, 0.2) is 27.6 Å². The molecule has 1 aliphatic heterocycles. The highest BCUT2D eigenvalue weighted by Gasteiger charge is 2.34. The van der Waals surface area contributed by atoms with Crippen molar-refractivity contribution in [3.8, 4) is 0 Å². The van der Waals surface area contributed by atoms with Gasteiger partial charge in [-0.3, -0.25) is 4.90 Å². The van der Waals surface area contributed by atoms with Crippen LogP contribution in [0.3, 0.4) is 0 Å². The van der Waals surface area contributed by atoms with Crippen LogP contribution in [0.5, 0.6) is 0 Å². The first kappa shape index (κ1) is 14.5. The van der Waals surface area contributed by atoms with E-state index in [9.17, 15) is 8.42 Å². The summed E-state index contributed by atoms with van der Waals surface area (Å²) in [4.78, 5) is 2.82. The minimum Gasteiger partial charge on any atom is -0.298 e. The Bertz CT molecular complexity index is 606. The van der Waals surface area contributed by atoms with Gasteiger partial charge in [-0.25, -0.2) is 8.42 Å². The molecular formula is C14H19BrN2O2S. The van der Waals surface area contributed by atoms with Crippen LogP contribution in [0.4, 0.5) is 0 Å². The lowest BCUT2D eigenvalue weighted by atomic mass is 10.2. The van der Waals surface area contributed by atoms with E-state index in [4.69, 9.17) is 0 Å². The molecule has 1 heterocycles. The number of aryl methyl sites for hydroxylation is 1. The van der Waals surface area contributed by atoms with E-state index in [0.29, 0.717) is 18.0 Å². The zero-order chi connectivity index (χ0) is 14.3. The van der Waals surface area contributed by atoms with Gasteiger partial charge in [0.15, 0.2) is 0 Å². The second kappa shape index (κ2) is 5.40. The van der Waals surface area contributed by atoms with E-state index in [0.717, 1.165) is 29.2 Å². The highest BCUT2D eigenvalue weighted by molar-refractivity contribution is 9.10. The smallest absolute Gasteiger partial charge is 0.243 e. The second-order valence-electron chi connectivity index (χ2n) is 5.58. The Balaban J connectivity index is 1.76. The molecule has 0 N–H and O–H groups in total. The molecule has 3 rings (SSSR count). The van der Waals surface area contributed by atoms with Crippen molar-refractivity contribution in [3.63, 3.8) is 0 Å². The molecule has 0 amide bonds. The molecular weight excluding hydrogens is 340 g/mol. The van der Waals surface area contributed by atoms with Gasteiger partial charge in [0.05, 0.1) is 4.90 Å². The number of hydrogen-bond donors (Lipinski definition) is 0. The summed E-state index contributed by atoms with van der Waals surface area (Å²) in [6.07, 6.45) is 2.55. The van der Waals surface area contributed by atoms with E-state index in [1.165, 1.54) is 12.8 Å². The quantitative estimate of drug-likeness (QED) is 0.831. The van der Waals surface area contributed by atoms with Crippen LogP contribution in [0.25, 0.3) is 0 Å². The van der Waals surface area contributed by atoms with Crippen molar-refractivity contribution in [2.75, 3.05) is 26.2 Å². The maximum atomic E-state index is 12.6. The number of piperazine rings is 1. The number of sulfonamides is 1. The number of benzene rings is 1. The SMILES string of the molecule is Cc1cc(S(=O)(=O)N2CCN(C3CC3)CC2)ccc1Br. The molecule has 0 unspecified atom stereocenters. The van der Waals surface area contributed by atoms with Crippen molar-refractivity contribution in [2.45, 2.75) is 30.7 Å². The molecule has 2 aliphatic rings. The fraction of sp³-hybridized carbons (Fsp3) is 0.571. The predicted molar refractivity (Wildman–Crippen MR) is 82.2 cm³/mol. The van der Waals surface area contributed by atoms with Gasteiger partial charge in [-0.15, -0.1) is 0 Å². The van der Waals surface area contributed by atoms with Crippen LogP contribution in [-0.2, 0) is 10.0 Å². The third-order valence-corrected chi connectivity index (χ3v) is 6.89.